The molecule has 2 aromatic carbocycles. The maximum atomic E-state index is 12.5. The van der Waals surface area contributed by atoms with Gasteiger partial charge in [-0.3, -0.25) is 0 Å². The van der Waals surface area contributed by atoms with Crippen LogP contribution < -0.4 is 10.5 Å². The summed E-state index contributed by atoms with van der Waals surface area (Å²) in [5.41, 5.74) is 6.85. The van der Waals surface area contributed by atoms with Crippen LogP contribution in [0, 0.1) is 0 Å². The van der Waals surface area contributed by atoms with Gasteiger partial charge in [0, 0.05) is 15.7 Å². The van der Waals surface area contributed by atoms with Gasteiger partial charge in [0.2, 0.25) is 0 Å². The molecule has 6 heteroatoms. The molecule has 2 aromatic rings. The van der Waals surface area contributed by atoms with Crippen molar-refractivity contribution in [2.45, 2.75) is 10.6 Å². The first kappa shape index (κ1) is 14.9. The number of nitrogen functional groups attached to an aromatic ring is 1. The van der Waals surface area contributed by atoms with E-state index in [0.29, 0.717) is 21.5 Å². The van der Waals surface area contributed by atoms with Gasteiger partial charge in [-0.15, -0.1) is 0 Å². The number of benzene rings is 2. The molecule has 0 saturated heterocycles. The van der Waals surface area contributed by atoms with Gasteiger partial charge in [0.05, 0.1) is 12.9 Å². The molecule has 2 rings (SSSR count). The lowest BCUT2D eigenvalue weighted by molar-refractivity contribution is 0.402. The molecule has 0 saturated carbocycles. The number of methoxy groups -OCH3 is 1. The van der Waals surface area contributed by atoms with E-state index >= 15 is 0 Å². The Morgan fingerprint density at radius 3 is 2.50 bits per heavy atom. The predicted octanol–water partition coefficient (Wildman–Crippen LogP) is 3.01. The standard InChI is InChI=1S/C14H14BrNO3S/c1-19-13-7-2-3-8-14(13)20(17,18)9-10-11(15)5-4-6-12(10)16/h2-8H,9,16H2,1H3. The zero-order valence-corrected chi connectivity index (χ0v) is 13.2. The van der Waals surface area contributed by atoms with Gasteiger partial charge in [-0.25, -0.2) is 8.42 Å². The zero-order chi connectivity index (χ0) is 14.8. The maximum absolute atomic E-state index is 12.5. The summed E-state index contributed by atoms with van der Waals surface area (Å²) >= 11 is 3.33. The minimum absolute atomic E-state index is 0.164. The molecule has 0 aromatic heterocycles. The molecule has 20 heavy (non-hydrogen) atoms. The fourth-order valence-corrected chi connectivity index (χ4v) is 4.18. The number of nitrogens with two attached hydrogens (primary N) is 1. The van der Waals surface area contributed by atoms with Crippen molar-refractivity contribution in [3.05, 3.63) is 52.5 Å². The van der Waals surface area contributed by atoms with E-state index in [9.17, 15) is 8.42 Å². The van der Waals surface area contributed by atoms with E-state index in [-0.39, 0.29) is 10.6 Å². The lowest BCUT2D eigenvalue weighted by atomic mass is 10.2. The highest BCUT2D eigenvalue weighted by atomic mass is 79.9. The molecule has 0 spiro atoms. The normalized spacial score (nSPS) is 11.3. The van der Waals surface area contributed by atoms with Gasteiger partial charge in [-0.1, -0.05) is 34.1 Å². The molecule has 2 N–H and O–H groups in total. The van der Waals surface area contributed by atoms with Crippen LogP contribution in [0.4, 0.5) is 5.69 Å². The van der Waals surface area contributed by atoms with E-state index in [4.69, 9.17) is 10.5 Å². The monoisotopic (exact) mass is 355 g/mol. The average Bonchev–Trinajstić information content (AvgIpc) is 2.43. The molecule has 0 heterocycles. The summed E-state index contributed by atoms with van der Waals surface area (Å²) in [6.45, 7) is 0. The van der Waals surface area contributed by atoms with Crippen LogP contribution in [0.3, 0.4) is 0 Å². The molecule has 0 radical (unpaired) electrons. The molecule has 0 fully saturated rings. The molecular formula is C14H14BrNO3S. The smallest absolute Gasteiger partial charge is 0.186 e. The third-order valence-electron chi connectivity index (χ3n) is 2.89. The topological polar surface area (TPSA) is 69.4 Å². The summed E-state index contributed by atoms with van der Waals surface area (Å²) in [4.78, 5) is 0.164. The summed E-state index contributed by atoms with van der Waals surface area (Å²) in [5, 5.41) is 0. The van der Waals surface area contributed by atoms with Crippen molar-refractivity contribution in [3.63, 3.8) is 0 Å². The van der Waals surface area contributed by atoms with Crippen LogP contribution in [-0.4, -0.2) is 15.5 Å². The van der Waals surface area contributed by atoms with Crippen molar-refractivity contribution >= 4 is 31.5 Å². The van der Waals surface area contributed by atoms with Crippen LogP contribution in [-0.2, 0) is 15.6 Å². The second-order valence-corrected chi connectivity index (χ2v) is 7.03. The molecule has 0 amide bonds. The number of hydrogen-bond donors (Lipinski definition) is 1. The molecule has 0 bridgehead atoms. The quantitative estimate of drug-likeness (QED) is 0.855. The zero-order valence-electron chi connectivity index (χ0n) is 10.8. The van der Waals surface area contributed by atoms with Crippen LogP contribution in [0.2, 0.25) is 0 Å². The van der Waals surface area contributed by atoms with Crippen LogP contribution in [0.1, 0.15) is 5.56 Å². The van der Waals surface area contributed by atoms with Gasteiger partial charge in [0.15, 0.2) is 9.84 Å². The summed E-state index contributed by atoms with van der Waals surface area (Å²) in [6.07, 6.45) is 0. The third kappa shape index (κ3) is 2.96. The Morgan fingerprint density at radius 2 is 1.85 bits per heavy atom. The van der Waals surface area contributed by atoms with E-state index in [1.54, 1.807) is 36.4 Å². The lowest BCUT2D eigenvalue weighted by Crippen LogP contribution is -2.09. The summed E-state index contributed by atoms with van der Waals surface area (Å²) in [5.74, 6) is 0.152. The molecule has 0 atom stereocenters. The Morgan fingerprint density at radius 1 is 1.15 bits per heavy atom. The molecule has 4 nitrogen and oxygen atoms in total. The molecular weight excluding hydrogens is 342 g/mol. The first-order valence-electron chi connectivity index (χ1n) is 5.84. The first-order chi connectivity index (χ1) is 9.45. The van der Waals surface area contributed by atoms with Gasteiger partial charge < -0.3 is 10.5 Å². The van der Waals surface area contributed by atoms with Gasteiger partial charge in [0.1, 0.15) is 10.6 Å². The highest BCUT2D eigenvalue weighted by Crippen LogP contribution is 2.30. The van der Waals surface area contributed by atoms with Crippen LogP contribution >= 0.6 is 15.9 Å². The third-order valence-corrected chi connectivity index (χ3v) is 5.31. The molecule has 0 aliphatic rings. The van der Waals surface area contributed by atoms with E-state index < -0.39 is 9.84 Å². The first-order valence-corrected chi connectivity index (χ1v) is 8.29. The fraction of sp³-hybridized carbons (Fsp3) is 0.143. The number of hydrogen-bond acceptors (Lipinski definition) is 4. The van der Waals surface area contributed by atoms with E-state index in [1.165, 1.54) is 13.2 Å². The van der Waals surface area contributed by atoms with Gasteiger partial charge in [-0.05, 0) is 24.3 Å². The molecule has 0 aliphatic carbocycles. The number of para-hydroxylation sites is 1. The highest BCUT2D eigenvalue weighted by molar-refractivity contribution is 9.10. The van der Waals surface area contributed by atoms with Crippen molar-refractivity contribution in [1.29, 1.82) is 0 Å². The van der Waals surface area contributed by atoms with Crippen LogP contribution in [0.5, 0.6) is 5.75 Å². The van der Waals surface area contributed by atoms with Gasteiger partial charge in [0.25, 0.3) is 0 Å². The molecule has 0 aliphatic heterocycles. The van der Waals surface area contributed by atoms with E-state index in [2.05, 4.69) is 15.9 Å². The summed E-state index contributed by atoms with van der Waals surface area (Å²) in [7, 11) is -2.09. The largest absolute Gasteiger partial charge is 0.495 e. The van der Waals surface area contributed by atoms with Crippen molar-refractivity contribution in [1.82, 2.24) is 0 Å². The average molecular weight is 356 g/mol. The summed E-state index contributed by atoms with van der Waals surface area (Å²) < 4.78 is 30.8. The maximum Gasteiger partial charge on any atom is 0.186 e. The second kappa shape index (κ2) is 5.85. The number of ether oxygens (including phenoxy) is 1. The van der Waals surface area contributed by atoms with Crippen molar-refractivity contribution in [2.24, 2.45) is 0 Å². The number of sulfone groups is 1. The van der Waals surface area contributed by atoms with Gasteiger partial charge in [-0.2, -0.15) is 0 Å². The Kier molecular flexibility index (Phi) is 4.35. The molecule has 106 valence electrons. The number of halogens is 1. The Bertz CT molecular complexity index is 709. The van der Waals surface area contributed by atoms with Crippen LogP contribution in [0.15, 0.2) is 51.8 Å². The van der Waals surface area contributed by atoms with E-state index in [0.717, 1.165) is 0 Å². The highest BCUT2D eigenvalue weighted by Gasteiger charge is 2.22. The van der Waals surface area contributed by atoms with Crippen molar-refractivity contribution in [3.8, 4) is 5.75 Å². The van der Waals surface area contributed by atoms with Gasteiger partial charge >= 0.3 is 0 Å². The van der Waals surface area contributed by atoms with E-state index in [1.807, 2.05) is 0 Å². The minimum Gasteiger partial charge on any atom is -0.495 e. The molecule has 0 unspecified atom stereocenters. The van der Waals surface area contributed by atoms with Crippen LogP contribution in [0.25, 0.3) is 0 Å². The number of rotatable bonds is 4. The van der Waals surface area contributed by atoms with Crippen molar-refractivity contribution < 1.29 is 13.2 Å². The Labute approximate surface area is 126 Å². The predicted molar refractivity (Wildman–Crippen MR) is 82.4 cm³/mol. The fourth-order valence-electron chi connectivity index (χ4n) is 1.87. The number of anilines is 1. The minimum atomic E-state index is -3.54. The SMILES string of the molecule is COc1ccccc1S(=O)(=O)Cc1c(N)cccc1Br. The van der Waals surface area contributed by atoms with Crippen molar-refractivity contribution in [2.75, 3.05) is 12.8 Å². The second-order valence-electron chi connectivity index (χ2n) is 4.22. The Hall–Kier alpha value is -1.53. The summed E-state index contributed by atoms with van der Waals surface area (Å²) in [6, 6.07) is 11.8. The lowest BCUT2D eigenvalue weighted by Gasteiger charge is -2.11. The Balaban J connectivity index is 2.47.